The Hall–Kier alpha value is -0.770. The molecule has 0 aromatic carbocycles. The van der Waals surface area contributed by atoms with Crippen molar-refractivity contribution in [3.63, 3.8) is 0 Å². The van der Waals surface area contributed by atoms with E-state index in [4.69, 9.17) is 15.4 Å². The molecule has 5 heteroatoms. The van der Waals surface area contributed by atoms with Gasteiger partial charge in [0.05, 0.1) is 19.8 Å². The Morgan fingerprint density at radius 3 is 2.20 bits per heavy atom. The summed E-state index contributed by atoms with van der Waals surface area (Å²) in [7, 11) is 0. The molecule has 0 bridgehead atoms. The first-order valence-corrected chi connectivity index (χ1v) is 5.02. The summed E-state index contributed by atoms with van der Waals surface area (Å²) in [4.78, 5) is 2.72. The van der Waals surface area contributed by atoms with E-state index >= 15 is 0 Å². The molecule has 0 fully saturated rings. The van der Waals surface area contributed by atoms with Gasteiger partial charge in [-0.1, -0.05) is 32.8 Å². The molecule has 0 aliphatic rings. The quantitative estimate of drug-likeness (QED) is 0.402. The van der Waals surface area contributed by atoms with E-state index < -0.39 is 0 Å². The zero-order valence-electron chi connectivity index (χ0n) is 10.0. The molecule has 0 spiro atoms. The van der Waals surface area contributed by atoms with Crippen LogP contribution in [-0.2, 0) is 4.74 Å². The van der Waals surface area contributed by atoms with Crippen molar-refractivity contribution < 1.29 is 9.84 Å². The van der Waals surface area contributed by atoms with Crippen molar-refractivity contribution in [1.82, 2.24) is 0 Å². The van der Waals surface area contributed by atoms with Gasteiger partial charge in [-0.2, -0.15) is 0 Å². The molecule has 0 unspecified atom stereocenters. The molecule has 0 aromatic heterocycles. The highest BCUT2D eigenvalue weighted by Gasteiger charge is 2.21. The molecule has 15 heavy (non-hydrogen) atoms. The molecule has 0 radical (unpaired) electrons. The summed E-state index contributed by atoms with van der Waals surface area (Å²) in [5.74, 6) is 0. The predicted molar refractivity (Wildman–Crippen MR) is 59.5 cm³/mol. The van der Waals surface area contributed by atoms with Crippen LogP contribution in [0.25, 0.3) is 10.4 Å². The lowest BCUT2D eigenvalue weighted by Gasteiger charge is -2.26. The molecule has 1 N–H and O–H groups in total. The molecule has 0 amide bonds. The van der Waals surface area contributed by atoms with Gasteiger partial charge in [-0.15, -0.1) is 0 Å². The van der Waals surface area contributed by atoms with Crippen molar-refractivity contribution in [2.75, 3.05) is 26.4 Å². The summed E-state index contributed by atoms with van der Waals surface area (Å²) < 4.78 is 5.51. The Bertz CT molecular complexity index is 233. The lowest BCUT2D eigenvalue weighted by atomic mass is 9.94. The van der Waals surface area contributed by atoms with Crippen LogP contribution in [-0.4, -0.2) is 31.5 Å². The number of aliphatic hydroxyl groups is 1. The number of rotatable bonds is 7. The zero-order chi connectivity index (χ0) is 11.9. The maximum absolute atomic E-state index is 9.02. The van der Waals surface area contributed by atoms with Gasteiger partial charge in [0.2, 0.25) is 0 Å². The van der Waals surface area contributed by atoms with Crippen LogP contribution in [0.15, 0.2) is 5.11 Å². The minimum Gasteiger partial charge on any atom is -0.396 e. The standard InChI is InChI=1S/C10H21N3O2/c1-9(2,5-12-13-11)7-15-8-10(3,4)6-14/h14H,5-8H2,1-4H3. The van der Waals surface area contributed by atoms with Crippen LogP contribution in [0.1, 0.15) is 27.7 Å². The van der Waals surface area contributed by atoms with Gasteiger partial charge >= 0.3 is 0 Å². The van der Waals surface area contributed by atoms with E-state index in [2.05, 4.69) is 10.0 Å². The van der Waals surface area contributed by atoms with Crippen LogP contribution >= 0.6 is 0 Å². The highest BCUT2D eigenvalue weighted by atomic mass is 16.5. The van der Waals surface area contributed by atoms with Crippen molar-refractivity contribution in [2.24, 2.45) is 15.9 Å². The maximum atomic E-state index is 9.02. The largest absolute Gasteiger partial charge is 0.396 e. The summed E-state index contributed by atoms with van der Waals surface area (Å²) in [6.45, 7) is 9.38. The first-order chi connectivity index (χ1) is 6.83. The highest BCUT2D eigenvalue weighted by Crippen LogP contribution is 2.19. The van der Waals surface area contributed by atoms with Crippen molar-refractivity contribution in [3.05, 3.63) is 10.4 Å². The minimum absolute atomic E-state index is 0.101. The number of aliphatic hydroxyl groups excluding tert-OH is 1. The summed E-state index contributed by atoms with van der Waals surface area (Å²) in [6, 6.07) is 0. The van der Waals surface area contributed by atoms with E-state index in [1.807, 2.05) is 27.7 Å². The minimum atomic E-state index is -0.214. The van der Waals surface area contributed by atoms with Gasteiger partial charge in [0, 0.05) is 16.9 Å². The highest BCUT2D eigenvalue weighted by molar-refractivity contribution is 4.72. The zero-order valence-corrected chi connectivity index (χ0v) is 10.0. The monoisotopic (exact) mass is 215 g/mol. The third-order valence-corrected chi connectivity index (χ3v) is 1.98. The average molecular weight is 215 g/mol. The second-order valence-electron chi connectivity index (χ2n) is 5.37. The summed E-state index contributed by atoms with van der Waals surface area (Å²) in [6.07, 6.45) is 0. The van der Waals surface area contributed by atoms with Gasteiger partial charge in [-0.3, -0.25) is 0 Å². The lowest BCUT2D eigenvalue weighted by Crippen LogP contribution is -2.29. The number of azide groups is 1. The summed E-state index contributed by atoms with van der Waals surface area (Å²) in [5, 5.41) is 12.5. The van der Waals surface area contributed by atoms with Gasteiger partial charge in [0.25, 0.3) is 0 Å². The second-order valence-corrected chi connectivity index (χ2v) is 5.37. The molecule has 88 valence electrons. The van der Waals surface area contributed by atoms with Crippen LogP contribution in [0.3, 0.4) is 0 Å². The Morgan fingerprint density at radius 1 is 1.20 bits per heavy atom. The Kier molecular flexibility index (Phi) is 5.65. The molecule has 0 heterocycles. The first-order valence-electron chi connectivity index (χ1n) is 5.02. The van der Waals surface area contributed by atoms with E-state index in [0.717, 1.165) is 0 Å². The number of hydrogen-bond acceptors (Lipinski definition) is 3. The number of nitrogens with zero attached hydrogens (tertiary/aromatic N) is 3. The van der Waals surface area contributed by atoms with E-state index in [1.54, 1.807) is 0 Å². The topological polar surface area (TPSA) is 78.2 Å². The average Bonchev–Trinajstić information content (AvgIpc) is 2.14. The van der Waals surface area contributed by atoms with E-state index in [-0.39, 0.29) is 17.4 Å². The molecule has 0 aliphatic heterocycles. The van der Waals surface area contributed by atoms with Gasteiger partial charge < -0.3 is 9.84 Å². The fourth-order valence-corrected chi connectivity index (χ4v) is 0.918. The summed E-state index contributed by atoms with van der Waals surface area (Å²) in [5.41, 5.74) is 7.84. The molecular formula is C10H21N3O2. The molecule has 0 aromatic rings. The van der Waals surface area contributed by atoms with Crippen molar-refractivity contribution in [3.8, 4) is 0 Å². The second kappa shape index (κ2) is 5.95. The van der Waals surface area contributed by atoms with Crippen LogP contribution in [0.4, 0.5) is 0 Å². The van der Waals surface area contributed by atoms with Crippen LogP contribution in [0.2, 0.25) is 0 Å². The van der Waals surface area contributed by atoms with Crippen LogP contribution < -0.4 is 0 Å². The molecule has 5 nitrogen and oxygen atoms in total. The normalized spacial score (nSPS) is 12.3. The molecule has 0 saturated heterocycles. The van der Waals surface area contributed by atoms with Crippen molar-refractivity contribution in [2.45, 2.75) is 27.7 Å². The molecule has 0 atom stereocenters. The predicted octanol–water partition coefficient (Wildman–Crippen LogP) is 2.36. The maximum Gasteiger partial charge on any atom is 0.0539 e. The number of hydrogen-bond donors (Lipinski definition) is 1. The van der Waals surface area contributed by atoms with E-state index in [0.29, 0.717) is 19.8 Å². The van der Waals surface area contributed by atoms with Gasteiger partial charge in [0.1, 0.15) is 0 Å². The smallest absolute Gasteiger partial charge is 0.0539 e. The Labute approximate surface area is 91.1 Å². The molecule has 0 rings (SSSR count). The third-order valence-electron chi connectivity index (χ3n) is 1.98. The van der Waals surface area contributed by atoms with Crippen molar-refractivity contribution in [1.29, 1.82) is 0 Å². The molecular weight excluding hydrogens is 194 g/mol. The fraction of sp³-hybridized carbons (Fsp3) is 1.00. The van der Waals surface area contributed by atoms with Gasteiger partial charge in [-0.25, -0.2) is 0 Å². The van der Waals surface area contributed by atoms with Gasteiger partial charge in [-0.05, 0) is 10.9 Å². The third kappa shape index (κ3) is 7.19. The lowest BCUT2D eigenvalue weighted by molar-refractivity contribution is -0.00333. The van der Waals surface area contributed by atoms with Crippen molar-refractivity contribution >= 4 is 0 Å². The number of ether oxygens (including phenoxy) is 1. The van der Waals surface area contributed by atoms with Crippen LogP contribution in [0, 0.1) is 10.8 Å². The fourth-order valence-electron chi connectivity index (χ4n) is 0.918. The first kappa shape index (κ1) is 14.2. The Morgan fingerprint density at radius 2 is 1.73 bits per heavy atom. The van der Waals surface area contributed by atoms with E-state index in [9.17, 15) is 0 Å². The molecule has 0 aliphatic carbocycles. The van der Waals surface area contributed by atoms with Gasteiger partial charge in [0.15, 0.2) is 0 Å². The van der Waals surface area contributed by atoms with E-state index in [1.165, 1.54) is 0 Å². The Balaban J connectivity index is 3.89. The SMILES string of the molecule is CC(C)(CO)COCC(C)(C)CN=[N+]=[N-]. The summed E-state index contributed by atoms with van der Waals surface area (Å²) >= 11 is 0. The van der Waals surface area contributed by atoms with Crippen LogP contribution in [0.5, 0.6) is 0 Å². The molecule has 0 saturated carbocycles.